The summed E-state index contributed by atoms with van der Waals surface area (Å²) >= 11 is 0. The highest BCUT2D eigenvalue weighted by molar-refractivity contribution is 5.71. The van der Waals surface area contributed by atoms with Gasteiger partial charge in [-0.2, -0.15) is 9.97 Å². The lowest BCUT2D eigenvalue weighted by Gasteiger charge is -2.36. The van der Waals surface area contributed by atoms with Crippen molar-refractivity contribution in [2.75, 3.05) is 41.7 Å². The first-order chi connectivity index (χ1) is 11.5. The molecule has 3 rings (SSSR count). The van der Waals surface area contributed by atoms with Gasteiger partial charge in [-0.3, -0.25) is 10.1 Å². The molecule has 2 saturated heterocycles. The molecule has 0 aliphatic carbocycles. The molecule has 1 aromatic rings. The Morgan fingerprint density at radius 2 is 1.71 bits per heavy atom. The van der Waals surface area contributed by atoms with Crippen LogP contribution < -0.4 is 15.5 Å². The monoisotopic (exact) mass is 334 g/mol. The molecule has 3 heterocycles. The molecule has 0 aromatic carbocycles. The van der Waals surface area contributed by atoms with Crippen LogP contribution >= 0.6 is 0 Å². The van der Waals surface area contributed by atoms with E-state index in [1.54, 1.807) is 0 Å². The summed E-state index contributed by atoms with van der Waals surface area (Å²) in [6, 6.07) is 0. The zero-order valence-electron chi connectivity index (χ0n) is 14.4. The maximum Gasteiger partial charge on any atom is 0.353 e. The Bertz CT molecular complexity index is 607. The van der Waals surface area contributed by atoms with E-state index >= 15 is 0 Å². The highest BCUT2D eigenvalue weighted by Crippen LogP contribution is 2.36. The smallest absolute Gasteiger partial charge is 0.353 e. The van der Waals surface area contributed by atoms with Crippen LogP contribution in [0.3, 0.4) is 0 Å². The topological polar surface area (TPSA) is 101 Å². The number of nitrogens with two attached hydrogens (primary N) is 1. The molecule has 2 atom stereocenters. The Morgan fingerprint density at radius 1 is 1.08 bits per heavy atom. The lowest BCUT2D eigenvalue weighted by molar-refractivity contribution is -0.383. The average Bonchev–Trinajstić information content (AvgIpc) is 2.53. The zero-order chi connectivity index (χ0) is 17.3. The minimum absolute atomic E-state index is 0.0311. The summed E-state index contributed by atoms with van der Waals surface area (Å²) in [4.78, 5) is 24.0. The summed E-state index contributed by atoms with van der Waals surface area (Å²) < 4.78 is 0. The highest BCUT2D eigenvalue weighted by atomic mass is 16.6. The van der Waals surface area contributed by atoms with Crippen molar-refractivity contribution in [3.63, 3.8) is 0 Å². The molecule has 0 amide bonds. The van der Waals surface area contributed by atoms with Gasteiger partial charge in [-0.25, -0.2) is 0 Å². The van der Waals surface area contributed by atoms with Crippen LogP contribution in [0.2, 0.25) is 0 Å². The van der Waals surface area contributed by atoms with Gasteiger partial charge >= 0.3 is 5.69 Å². The van der Waals surface area contributed by atoms with E-state index in [4.69, 9.17) is 5.73 Å². The Hall–Kier alpha value is -2.12. The first-order valence-electron chi connectivity index (χ1n) is 8.77. The molecule has 2 aliphatic heterocycles. The van der Waals surface area contributed by atoms with Crippen LogP contribution in [-0.4, -0.2) is 41.1 Å². The standard InChI is InChI=1S/C16H26N6O2/c1-11-8-12(2)10-21(9-11)15-13(22(23)24)14(17)18-16(19-15)20-6-4-3-5-7-20/h11-12H,3-10H2,1-2H3,(H2,17,18,19)/t11-,12+. The molecule has 0 saturated carbocycles. The lowest BCUT2D eigenvalue weighted by Crippen LogP contribution is -2.40. The van der Waals surface area contributed by atoms with Gasteiger partial charge in [0.15, 0.2) is 0 Å². The molecule has 1 aromatic heterocycles. The maximum absolute atomic E-state index is 11.5. The number of aromatic nitrogens is 2. The van der Waals surface area contributed by atoms with Gasteiger partial charge in [-0.05, 0) is 37.5 Å². The molecule has 0 radical (unpaired) electrons. The van der Waals surface area contributed by atoms with Gasteiger partial charge in [0, 0.05) is 26.2 Å². The van der Waals surface area contributed by atoms with E-state index in [-0.39, 0.29) is 11.5 Å². The van der Waals surface area contributed by atoms with Crippen LogP contribution in [0.25, 0.3) is 0 Å². The van der Waals surface area contributed by atoms with Crippen LogP contribution in [0.1, 0.15) is 39.5 Å². The molecule has 8 nitrogen and oxygen atoms in total. The Balaban J connectivity index is 2.00. The van der Waals surface area contributed by atoms with Crippen LogP contribution in [0.15, 0.2) is 0 Å². The van der Waals surface area contributed by atoms with Crippen molar-refractivity contribution in [2.45, 2.75) is 39.5 Å². The molecule has 2 fully saturated rings. The van der Waals surface area contributed by atoms with Gasteiger partial charge < -0.3 is 15.5 Å². The molecule has 0 bridgehead atoms. The first kappa shape index (κ1) is 16.7. The van der Waals surface area contributed by atoms with Gasteiger partial charge in [-0.15, -0.1) is 0 Å². The van der Waals surface area contributed by atoms with Gasteiger partial charge in [0.2, 0.25) is 17.6 Å². The van der Waals surface area contributed by atoms with E-state index in [9.17, 15) is 10.1 Å². The molecule has 24 heavy (non-hydrogen) atoms. The van der Waals surface area contributed by atoms with E-state index in [1.165, 1.54) is 6.42 Å². The van der Waals surface area contributed by atoms with Crippen molar-refractivity contribution >= 4 is 23.3 Å². The number of hydrogen-bond acceptors (Lipinski definition) is 7. The predicted octanol–water partition coefficient (Wildman–Crippen LogP) is 2.44. The second-order valence-electron chi connectivity index (χ2n) is 7.24. The molecular formula is C16H26N6O2. The van der Waals surface area contributed by atoms with Crippen molar-refractivity contribution in [3.8, 4) is 0 Å². The zero-order valence-corrected chi connectivity index (χ0v) is 14.4. The molecular weight excluding hydrogens is 308 g/mol. The maximum atomic E-state index is 11.5. The number of nitro groups is 1. The van der Waals surface area contributed by atoms with Crippen molar-refractivity contribution in [3.05, 3.63) is 10.1 Å². The van der Waals surface area contributed by atoms with Crippen molar-refractivity contribution < 1.29 is 4.92 Å². The number of piperidine rings is 2. The first-order valence-corrected chi connectivity index (χ1v) is 8.77. The summed E-state index contributed by atoms with van der Waals surface area (Å²) in [6.07, 6.45) is 4.51. The SMILES string of the molecule is C[C@@H]1C[C@H](C)CN(c2nc(N3CCCCC3)nc(N)c2[N+](=O)[O-])C1. The lowest BCUT2D eigenvalue weighted by atomic mass is 9.92. The highest BCUT2D eigenvalue weighted by Gasteiger charge is 2.32. The van der Waals surface area contributed by atoms with E-state index < -0.39 is 4.92 Å². The number of nitrogen functional groups attached to an aromatic ring is 1. The van der Waals surface area contributed by atoms with Crippen molar-refractivity contribution in [1.29, 1.82) is 0 Å². The predicted molar refractivity (Wildman–Crippen MR) is 94.3 cm³/mol. The van der Waals surface area contributed by atoms with Crippen molar-refractivity contribution in [1.82, 2.24) is 9.97 Å². The third-order valence-electron chi connectivity index (χ3n) is 4.87. The summed E-state index contributed by atoms with van der Waals surface area (Å²) in [6.45, 7) is 7.63. The molecule has 2 aliphatic rings. The fourth-order valence-electron chi connectivity index (χ4n) is 3.91. The van der Waals surface area contributed by atoms with Gasteiger partial charge in [-0.1, -0.05) is 13.8 Å². The van der Waals surface area contributed by atoms with E-state index in [1.807, 2.05) is 4.90 Å². The van der Waals surface area contributed by atoms with E-state index in [2.05, 4.69) is 28.7 Å². The third-order valence-corrected chi connectivity index (χ3v) is 4.87. The number of hydrogen-bond donors (Lipinski definition) is 1. The van der Waals surface area contributed by atoms with E-state index in [0.29, 0.717) is 23.6 Å². The molecule has 8 heteroatoms. The molecule has 132 valence electrons. The van der Waals surface area contributed by atoms with Gasteiger partial charge in [0.25, 0.3) is 0 Å². The summed E-state index contributed by atoms with van der Waals surface area (Å²) in [5.41, 5.74) is 5.80. The Labute approximate surface area is 142 Å². The largest absolute Gasteiger partial charge is 0.378 e. The Kier molecular flexibility index (Phi) is 4.73. The molecule has 0 spiro atoms. The fourth-order valence-corrected chi connectivity index (χ4v) is 3.91. The summed E-state index contributed by atoms with van der Waals surface area (Å²) in [5, 5.41) is 11.5. The normalized spacial score (nSPS) is 24.9. The fraction of sp³-hybridized carbons (Fsp3) is 0.750. The quantitative estimate of drug-likeness (QED) is 0.669. The number of anilines is 3. The number of rotatable bonds is 3. The van der Waals surface area contributed by atoms with Crippen LogP contribution in [0.5, 0.6) is 0 Å². The number of nitrogens with zero attached hydrogens (tertiary/aromatic N) is 5. The minimum atomic E-state index is -0.450. The van der Waals surface area contributed by atoms with Crippen LogP contribution in [-0.2, 0) is 0 Å². The summed E-state index contributed by atoms with van der Waals surface area (Å²) in [7, 11) is 0. The Morgan fingerprint density at radius 3 is 2.29 bits per heavy atom. The minimum Gasteiger partial charge on any atom is -0.378 e. The second-order valence-corrected chi connectivity index (χ2v) is 7.24. The van der Waals surface area contributed by atoms with Crippen molar-refractivity contribution in [2.24, 2.45) is 11.8 Å². The second kappa shape index (κ2) is 6.78. The molecule has 0 unspecified atom stereocenters. The van der Waals surface area contributed by atoms with Gasteiger partial charge in [0.05, 0.1) is 4.92 Å². The van der Waals surface area contributed by atoms with Gasteiger partial charge in [0.1, 0.15) is 0 Å². The van der Waals surface area contributed by atoms with E-state index in [0.717, 1.165) is 45.4 Å². The molecule has 2 N–H and O–H groups in total. The average molecular weight is 334 g/mol. The van der Waals surface area contributed by atoms with Crippen LogP contribution in [0.4, 0.5) is 23.3 Å². The third kappa shape index (κ3) is 3.37. The van der Waals surface area contributed by atoms with Crippen LogP contribution in [0, 0.1) is 22.0 Å². The summed E-state index contributed by atoms with van der Waals surface area (Å²) in [5.74, 6) is 1.83.